The van der Waals surface area contributed by atoms with Gasteiger partial charge in [0.25, 0.3) is 5.91 Å². The zero-order chi connectivity index (χ0) is 24.0. The summed E-state index contributed by atoms with van der Waals surface area (Å²) in [4.78, 5) is 28.2. The fourth-order valence-electron chi connectivity index (χ4n) is 2.88. The van der Waals surface area contributed by atoms with Gasteiger partial charge in [0.2, 0.25) is 0 Å². The van der Waals surface area contributed by atoms with Crippen LogP contribution in [0.5, 0.6) is 11.5 Å². The molecule has 3 rings (SSSR count). The van der Waals surface area contributed by atoms with E-state index in [0.29, 0.717) is 17.1 Å². The van der Waals surface area contributed by atoms with Gasteiger partial charge in [-0.15, -0.1) is 0 Å². The maximum absolute atomic E-state index is 13.1. The third-order valence-electron chi connectivity index (χ3n) is 4.46. The minimum absolute atomic E-state index is 0.156. The second-order valence-electron chi connectivity index (χ2n) is 6.63. The molecule has 12 heteroatoms. The van der Waals surface area contributed by atoms with Crippen molar-refractivity contribution < 1.29 is 37.0 Å². The summed E-state index contributed by atoms with van der Waals surface area (Å²) in [5.41, 5.74) is -0.475. The Hall–Kier alpha value is -4.09. The Morgan fingerprint density at radius 2 is 1.88 bits per heavy atom. The smallest absolute Gasteiger partial charge is 0.416 e. The lowest BCUT2D eigenvalue weighted by atomic mass is 10.1. The average molecular weight is 464 g/mol. The SMILES string of the molecule is COc1ccc(CC(=O)OCC(=O)Nc2cc(C(F)(F)F)ccc2-n2cncn2)c(OC)c1. The Labute approximate surface area is 186 Å². The number of benzene rings is 2. The Morgan fingerprint density at radius 1 is 1.09 bits per heavy atom. The van der Waals surface area contributed by atoms with E-state index < -0.39 is 30.2 Å². The monoisotopic (exact) mass is 464 g/mol. The molecule has 2 aromatic carbocycles. The van der Waals surface area contributed by atoms with E-state index in [9.17, 15) is 22.8 Å². The number of nitrogens with zero attached hydrogens (tertiary/aromatic N) is 3. The number of hydrogen-bond acceptors (Lipinski definition) is 7. The summed E-state index contributed by atoms with van der Waals surface area (Å²) in [6, 6.07) is 7.61. The average Bonchev–Trinajstić information content (AvgIpc) is 3.32. The number of carbonyl (C=O) groups is 2. The van der Waals surface area contributed by atoms with Crippen molar-refractivity contribution in [2.45, 2.75) is 12.6 Å². The van der Waals surface area contributed by atoms with Crippen molar-refractivity contribution >= 4 is 17.6 Å². The molecule has 1 N–H and O–H groups in total. The molecule has 0 saturated heterocycles. The van der Waals surface area contributed by atoms with E-state index >= 15 is 0 Å². The number of nitrogens with one attached hydrogen (secondary N) is 1. The summed E-state index contributed by atoms with van der Waals surface area (Å²) in [5.74, 6) is -0.621. The first-order valence-corrected chi connectivity index (χ1v) is 9.44. The molecular formula is C21H19F3N4O5. The highest BCUT2D eigenvalue weighted by molar-refractivity contribution is 5.94. The number of halogens is 3. The van der Waals surface area contributed by atoms with Crippen molar-refractivity contribution in [1.82, 2.24) is 14.8 Å². The fraction of sp³-hybridized carbons (Fsp3) is 0.238. The molecule has 0 spiro atoms. The molecular weight excluding hydrogens is 445 g/mol. The van der Waals surface area contributed by atoms with Crippen LogP contribution < -0.4 is 14.8 Å². The van der Waals surface area contributed by atoms with Crippen LogP contribution in [0.3, 0.4) is 0 Å². The second kappa shape index (κ2) is 10.0. The minimum atomic E-state index is -4.62. The molecule has 1 heterocycles. The lowest BCUT2D eigenvalue weighted by Crippen LogP contribution is -2.23. The number of esters is 1. The van der Waals surface area contributed by atoms with Crippen LogP contribution in [-0.2, 0) is 26.9 Å². The van der Waals surface area contributed by atoms with Crippen LogP contribution >= 0.6 is 0 Å². The lowest BCUT2D eigenvalue weighted by molar-refractivity contribution is -0.146. The van der Waals surface area contributed by atoms with Gasteiger partial charge in [0.05, 0.1) is 37.6 Å². The standard InChI is InChI=1S/C21H19F3N4O5/c1-31-15-5-3-13(18(9-15)32-2)7-20(30)33-10-19(29)27-16-8-14(21(22,23)24)4-6-17(16)28-12-25-11-26-28/h3-6,8-9,11-12H,7,10H2,1-2H3,(H,27,29). The van der Waals surface area contributed by atoms with Crippen molar-refractivity contribution in [3.8, 4) is 17.2 Å². The highest BCUT2D eigenvalue weighted by atomic mass is 19.4. The molecule has 1 amide bonds. The Kier molecular flexibility index (Phi) is 7.16. The van der Waals surface area contributed by atoms with Gasteiger partial charge in [0, 0.05) is 11.6 Å². The van der Waals surface area contributed by atoms with Gasteiger partial charge in [-0.25, -0.2) is 9.67 Å². The predicted octanol–water partition coefficient (Wildman–Crippen LogP) is 3.03. The summed E-state index contributed by atoms with van der Waals surface area (Å²) >= 11 is 0. The van der Waals surface area contributed by atoms with Crippen LogP contribution in [0.4, 0.5) is 18.9 Å². The zero-order valence-corrected chi connectivity index (χ0v) is 17.5. The first-order valence-electron chi connectivity index (χ1n) is 9.44. The summed E-state index contributed by atoms with van der Waals surface area (Å²) in [6.07, 6.45) is -2.35. The highest BCUT2D eigenvalue weighted by Gasteiger charge is 2.31. The van der Waals surface area contributed by atoms with Gasteiger partial charge in [0.15, 0.2) is 6.61 Å². The third kappa shape index (κ3) is 5.99. The van der Waals surface area contributed by atoms with Crippen molar-refractivity contribution in [2.75, 3.05) is 26.1 Å². The molecule has 0 bridgehead atoms. The lowest BCUT2D eigenvalue weighted by Gasteiger charge is -2.14. The summed E-state index contributed by atoms with van der Waals surface area (Å²) in [5, 5.41) is 6.18. The molecule has 0 aliphatic carbocycles. The first kappa shape index (κ1) is 23.6. The van der Waals surface area contributed by atoms with E-state index in [-0.39, 0.29) is 17.8 Å². The van der Waals surface area contributed by atoms with Gasteiger partial charge in [-0.05, 0) is 24.3 Å². The normalized spacial score (nSPS) is 11.1. The van der Waals surface area contributed by atoms with Crippen LogP contribution in [-0.4, -0.2) is 47.5 Å². The van der Waals surface area contributed by atoms with E-state index in [4.69, 9.17) is 14.2 Å². The van der Waals surface area contributed by atoms with E-state index in [0.717, 1.165) is 18.2 Å². The number of rotatable bonds is 8. The molecule has 0 atom stereocenters. The molecule has 1 aromatic heterocycles. The summed E-state index contributed by atoms with van der Waals surface area (Å²) < 4.78 is 55.8. The number of hydrogen-bond donors (Lipinski definition) is 1. The number of amides is 1. The molecule has 0 fully saturated rings. The number of carbonyl (C=O) groups excluding carboxylic acids is 2. The van der Waals surface area contributed by atoms with Crippen molar-refractivity contribution in [1.29, 1.82) is 0 Å². The number of aromatic nitrogens is 3. The van der Waals surface area contributed by atoms with Gasteiger partial charge < -0.3 is 19.5 Å². The molecule has 174 valence electrons. The minimum Gasteiger partial charge on any atom is -0.497 e. The van der Waals surface area contributed by atoms with Crippen LogP contribution in [0.1, 0.15) is 11.1 Å². The zero-order valence-electron chi connectivity index (χ0n) is 17.5. The largest absolute Gasteiger partial charge is 0.497 e. The van der Waals surface area contributed by atoms with Gasteiger partial charge in [-0.2, -0.15) is 18.3 Å². The summed E-state index contributed by atoms with van der Waals surface area (Å²) in [6.45, 7) is -0.704. The second-order valence-corrected chi connectivity index (χ2v) is 6.63. The number of alkyl halides is 3. The maximum atomic E-state index is 13.1. The Balaban J connectivity index is 1.68. The van der Waals surface area contributed by atoms with Crippen LogP contribution in [0.25, 0.3) is 5.69 Å². The highest BCUT2D eigenvalue weighted by Crippen LogP contribution is 2.33. The van der Waals surface area contributed by atoms with E-state index in [1.807, 2.05) is 0 Å². The van der Waals surface area contributed by atoms with Gasteiger partial charge >= 0.3 is 12.1 Å². The first-order chi connectivity index (χ1) is 15.7. The summed E-state index contributed by atoms with van der Waals surface area (Å²) in [7, 11) is 2.92. The Morgan fingerprint density at radius 3 is 2.52 bits per heavy atom. The van der Waals surface area contributed by atoms with E-state index in [1.165, 1.54) is 31.6 Å². The van der Waals surface area contributed by atoms with Crippen LogP contribution in [0, 0.1) is 0 Å². The molecule has 0 radical (unpaired) electrons. The maximum Gasteiger partial charge on any atom is 0.416 e. The number of ether oxygens (including phenoxy) is 3. The topological polar surface area (TPSA) is 105 Å². The van der Waals surface area contributed by atoms with Gasteiger partial charge in [-0.1, -0.05) is 6.07 Å². The fourth-order valence-corrected chi connectivity index (χ4v) is 2.88. The molecule has 0 aliphatic heterocycles. The van der Waals surface area contributed by atoms with Crippen molar-refractivity contribution in [3.63, 3.8) is 0 Å². The van der Waals surface area contributed by atoms with Crippen LogP contribution in [0.15, 0.2) is 49.1 Å². The van der Waals surface area contributed by atoms with Gasteiger partial charge in [0.1, 0.15) is 24.2 Å². The van der Waals surface area contributed by atoms with Crippen LogP contribution in [0.2, 0.25) is 0 Å². The van der Waals surface area contributed by atoms with E-state index in [2.05, 4.69) is 15.4 Å². The third-order valence-corrected chi connectivity index (χ3v) is 4.46. The molecule has 0 saturated carbocycles. The van der Waals surface area contributed by atoms with Gasteiger partial charge in [-0.3, -0.25) is 9.59 Å². The quantitative estimate of drug-likeness (QED) is 0.511. The molecule has 3 aromatic rings. The predicted molar refractivity (Wildman–Crippen MR) is 109 cm³/mol. The molecule has 33 heavy (non-hydrogen) atoms. The number of anilines is 1. The van der Waals surface area contributed by atoms with Crippen molar-refractivity contribution in [2.24, 2.45) is 0 Å². The Bertz CT molecular complexity index is 1130. The van der Waals surface area contributed by atoms with E-state index in [1.54, 1.807) is 18.2 Å². The molecule has 0 aliphatic rings. The van der Waals surface area contributed by atoms with Crippen molar-refractivity contribution in [3.05, 3.63) is 60.2 Å². The molecule has 9 nitrogen and oxygen atoms in total. The molecule has 0 unspecified atom stereocenters. The number of methoxy groups -OCH3 is 2.